The number of benzene rings is 1. The second-order valence-electron chi connectivity index (χ2n) is 6.91. The minimum absolute atomic E-state index is 0.203. The zero-order valence-corrected chi connectivity index (χ0v) is 15.1. The van der Waals surface area contributed by atoms with Gasteiger partial charge in [-0.2, -0.15) is 0 Å². The Morgan fingerprint density at radius 2 is 1.61 bits per heavy atom. The fourth-order valence-corrected chi connectivity index (χ4v) is 3.28. The van der Waals surface area contributed by atoms with Crippen LogP contribution in [0.25, 0.3) is 0 Å². The Morgan fingerprint density at radius 3 is 2.13 bits per heavy atom. The summed E-state index contributed by atoms with van der Waals surface area (Å²) in [4.78, 5) is 17.1. The van der Waals surface area contributed by atoms with E-state index in [2.05, 4.69) is 37.8 Å². The lowest BCUT2D eigenvalue weighted by molar-refractivity contribution is 0.0742. The van der Waals surface area contributed by atoms with E-state index in [-0.39, 0.29) is 5.91 Å². The summed E-state index contributed by atoms with van der Waals surface area (Å²) in [7, 11) is 0. The third kappa shape index (κ3) is 5.35. The number of hydrogen-bond donors (Lipinski definition) is 0. The Labute approximate surface area is 141 Å². The van der Waals surface area contributed by atoms with Crippen LogP contribution >= 0.6 is 0 Å². The molecule has 2 rings (SSSR count). The van der Waals surface area contributed by atoms with Gasteiger partial charge in [-0.25, -0.2) is 0 Å². The molecular weight excluding hydrogens is 284 g/mol. The molecule has 1 amide bonds. The van der Waals surface area contributed by atoms with Gasteiger partial charge in [0.1, 0.15) is 0 Å². The van der Waals surface area contributed by atoms with Gasteiger partial charge in [0, 0.05) is 31.2 Å². The summed E-state index contributed by atoms with van der Waals surface area (Å²) < 4.78 is 0. The Hall–Kier alpha value is -1.35. The molecule has 0 radical (unpaired) electrons. The average Bonchev–Trinajstić information content (AvgIpc) is 2.52. The quantitative estimate of drug-likeness (QED) is 0.807. The molecule has 1 fully saturated rings. The molecule has 1 aliphatic heterocycles. The van der Waals surface area contributed by atoms with Gasteiger partial charge >= 0.3 is 0 Å². The third-order valence-electron chi connectivity index (χ3n) is 4.87. The molecule has 1 saturated heterocycles. The normalized spacial score (nSPS) is 16.5. The van der Waals surface area contributed by atoms with Crippen molar-refractivity contribution < 1.29 is 4.79 Å². The summed E-state index contributed by atoms with van der Waals surface area (Å²) in [5, 5.41) is 0. The molecule has 0 atom stereocenters. The van der Waals surface area contributed by atoms with E-state index in [0.29, 0.717) is 6.04 Å². The van der Waals surface area contributed by atoms with E-state index in [1.165, 1.54) is 24.8 Å². The Morgan fingerprint density at radius 1 is 1.04 bits per heavy atom. The molecule has 1 aromatic rings. The third-order valence-corrected chi connectivity index (χ3v) is 4.87. The van der Waals surface area contributed by atoms with Crippen molar-refractivity contribution in [2.24, 2.45) is 0 Å². The molecule has 1 heterocycles. The zero-order chi connectivity index (χ0) is 16.7. The predicted molar refractivity (Wildman–Crippen MR) is 96.7 cm³/mol. The minimum Gasteiger partial charge on any atom is -0.339 e. The molecule has 0 spiro atoms. The Balaban J connectivity index is 1.98. The summed E-state index contributed by atoms with van der Waals surface area (Å²) in [6, 6.07) is 8.78. The van der Waals surface area contributed by atoms with Crippen LogP contribution in [-0.4, -0.2) is 41.4 Å². The zero-order valence-electron chi connectivity index (χ0n) is 15.1. The lowest BCUT2D eigenvalue weighted by Gasteiger charge is -2.26. The second kappa shape index (κ2) is 9.07. The largest absolute Gasteiger partial charge is 0.339 e. The highest BCUT2D eigenvalue weighted by Crippen LogP contribution is 2.15. The van der Waals surface area contributed by atoms with Gasteiger partial charge in [0.15, 0.2) is 0 Å². The van der Waals surface area contributed by atoms with Crippen molar-refractivity contribution >= 4 is 5.91 Å². The van der Waals surface area contributed by atoms with Crippen LogP contribution in [0.4, 0.5) is 0 Å². The van der Waals surface area contributed by atoms with Crippen LogP contribution in [0.15, 0.2) is 24.3 Å². The van der Waals surface area contributed by atoms with Gasteiger partial charge in [0.25, 0.3) is 5.91 Å². The number of nitrogens with zero attached hydrogens (tertiary/aromatic N) is 2. The summed E-state index contributed by atoms with van der Waals surface area (Å²) >= 11 is 0. The highest BCUT2D eigenvalue weighted by Gasteiger charge is 2.16. The van der Waals surface area contributed by atoms with Gasteiger partial charge in [0.05, 0.1) is 0 Å². The van der Waals surface area contributed by atoms with Crippen LogP contribution in [-0.2, 0) is 6.54 Å². The summed E-state index contributed by atoms with van der Waals surface area (Å²) in [5.41, 5.74) is 2.12. The molecule has 3 heteroatoms. The number of likely N-dealkylation sites (tertiary alicyclic amines) is 1. The lowest BCUT2D eigenvalue weighted by Crippen LogP contribution is -2.33. The highest BCUT2D eigenvalue weighted by molar-refractivity contribution is 5.94. The number of rotatable bonds is 5. The van der Waals surface area contributed by atoms with Crippen LogP contribution in [0, 0.1) is 0 Å². The van der Waals surface area contributed by atoms with Crippen molar-refractivity contribution in [3.63, 3.8) is 0 Å². The minimum atomic E-state index is 0.203. The van der Waals surface area contributed by atoms with Crippen molar-refractivity contribution in [1.82, 2.24) is 9.80 Å². The molecule has 1 aliphatic rings. The number of amides is 1. The highest BCUT2D eigenvalue weighted by atomic mass is 16.2. The number of carbonyl (C=O) groups excluding carboxylic acids is 1. The first kappa shape index (κ1) is 18.0. The monoisotopic (exact) mass is 316 g/mol. The van der Waals surface area contributed by atoms with Crippen molar-refractivity contribution in [1.29, 1.82) is 0 Å². The van der Waals surface area contributed by atoms with Crippen molar-refractivity contribution in [3.8, 4) is 0 Å². The Kier molecular flexibility index (Phi) is 7.10. The van der Waals surface area contributed by atoms with Crippen LogP contribution in [0.5, 0.6) is 0 Å². The molecule has 128 valence electrons. The van der Waals surface area contributed by atoms with Gasteiger partial charge in [-0.3, -0.25) is 9.69 Å². The van der Waals surface area contributed by atoms with Gasteiger partial charge in [-0.1, -0.05) is 38.3 Å². The van der Waals surface area contributed by atoms with Crippen molar-refractivity contribution in [3.05, 3.63) is 35.4 Å². The first-order chi connectivity index (χ1) is 11.1. The lowest BCUT2D eigenvalue weighted by atomic mass is 10.1. The molecule has 23 heavy (non-hydrogen) atoms. The fraction of sp³-hybridized carbons (Fsp3) is 0.650. The van der Waals surface area contributed by atoms with Crippen LogP contribution < -0.4 is 0 Å². The van der Waals surface area contributed by atoms with Crippen LogP contribution in [0.1, 0.15) is 68.8 Å². The summed E-state index contributed by atoms with van der Waals surface area (Å²) in [5.74, 6) is 0.203. The molecule has 0 saturated carbocycles. The van der Waals surface area contributed by atoms with E-state index in [1.807, 2.05) is 17.0 Å². The molecule has 0 unspecified atom stereocenters. The van der Waals surface area contributed by atoms with Gasteiger partial charge in [0.2, 0.25) is 0 Å². The predicted octanol–water partition coefficient (Wildman–Crippen LogP) is 4.32. The number of carbonyl (C=O) groups is 1. The van der Waals surface area contributed by atoms with E-state index in [0.717, 1.165) is 44.6 Å². The van der Waals surface area contributed by atoms with E-state index in [4.69, 9.17) is 0 Å². The summed E-state index contributed by atoms with van der Waals surface area (Å²) in [6.45, 7) is 10.5. The molecule has 0 bridgehead atoms. The smallest absolute Gasteiger partial charge is 0.253 e. The fourth-order valence-electron chi connectivity index (χ4n) is 3.28. The van der Waals surface area contributed by atoms with E-state index < -0.39 is 0 Å². The average molecular weight is 316 g/mol. The Bertz CT molecular complexity index is 473. The van der Waals surface area contributed by atoms with E-state index in [9.17, 15) is 4.79 Å². The topological polar surface area (TPSA) is 23.6 Å². The SMILES string of the molecule is CCN(Cc1ccc(C(=O)N2CCCCCCC2)cc1)C(C)C. The molecule has 0 N–H and O–H groups in total. The standard InChI is InChI=1S/C20H32N2O/c1-4-21(17(2)3)16-18-10-12-19(13-11-18)20(23)22-14-8-6-5-7-9-15-22/h10-13,17H,4-9,14-16H2,1-3H3. The van der Waals surface area contributed by atoms with E-state index >= 15 is 0 Å². The maximum absolute atomic E-state index is 12.7. The molecular formula is C20H32N2O. The molecule has 0 aromatic heterocycles. The van der Waals surface area contributed by atoms with Gasteiger partial charge in [-0.15, -0.1) is 0 Å². The van der Waals surface area contributed by atoms with Gasteiger partial charge in [-0.05, 0) is 50.9 Å². The van der Waals surface area contributed by atoms with Crippen molar-refractivity contribution in [2.75, 3.05) is 19.6 Å². The molecule has 3 nitrogen and oxygen atoms in total. The second-order valence-corrected chi connectivity index (χ2v) is 6.91. The van der Waals surface area contributed by atoms with Crippen molar-refractivity contribution in [2.45, 2.75) is 65.5 Å². The molecule has 0 aliphatic carbocycles. The van der Waals surface area contributed by atoms with Crippen LogP contribution in [0.3, 0.4) is 0 Å². The van der Waals surface area contributed by atoms with Gasteiger partial charge < -0.3 is 4.90 Å². The number of hydrogen-bond acceptors (Lipinski definition) is 2. The first-order valence-corrected chi connectivity index (χ1v) is 9.24. The first-order valence-electron chi connectivity index (χ1n) is 9.24. The maximum atomic E-state index is 12.7. The van der Waals surface area contributed by atoms with Crippen LogP contribution in [0.2, 0.25) is 0 Å². The maximum Gasteiger partial charge on any atom is 0.253 e. The van der Waals surface area contributed by atoms with E-state index in [1.54, 1.807) is 0 Å². The molecule has 1 aromatic carbocycles. The summed E-state index contributed by atoms with van der Waals surface area (Å²) in [6.07, 6.45) is 6.11.